The number of thioether (sulfide) groups is 1. The second kappa shape index (κ2) is 9.08. The molecule has 1 unspecified atom stereocenters. The molecule has 27 heavy (non-hydrogen) atoms. The van der Waals surface area contributed by atoms with Gasteiger partial charge in [0.2, 0.25) is 5.91 Å². The average molecular weight is 386 g/mol. The Labute approximate surface area is 164 Å². The Kier molecular flexibility index (Phi) is 6.55. The van der Waals surface area contributed by atoms with Crippen LogP contribution in [0.5, 0.6) is 0 Å². The molecule has 144 valence electrons. The summed E-state index contributed by atoms with van der Waals surface area (Å²) in [5.74, 6) is 1.82. The smallest absolute Gasteiger partial charge is 0.220 e. The first-order valence-corrected chi connectivity index (χ1v) is 10.7. The van der Waals surface area contributed by atoms with Crippen LogP contribution in [0.25, 0.3) is 5.65 Å². The fraction of sp³-hybridized carbons (Fsp3) is 0.450. The molecule has 3 heterocycles. The van der Waals surface area contributed by atoms with Crippen molar-refractivity contribution in [3.05, 3.63) is 53.7 Å². The van der Waals surface area contributed by atoms with Gasteiger partial charge in [-0.2, -0.15) is 11.8 Å². The Morgan fingerprint density at radius 1 is 1.19 bits per heavy atom. The molecular weight excluding hydrogens is 358 g/mol. The number of rotatable bonds is 9. The number of fused-ring (bicyclic) bond motifs is 1. The molecule has 1 atom stereocenters. The predicted octanol–water partition coefficient (Wildman–Crippen LogP) is 3.54. The molecule has 0 fully saturated rings. The molecule has 6 nitrogen and oxygen atoms in total. The van der Waals surface area contributed by atoms with E-state index in [-0.39, 0.29) is 11.9 Å². The standard InChI is InChI=1S/C20H27N5OS/c1-15-9-10-16(2)24(15)13-6-8-19(26)21-17(11-14-27-3)20-23-22-18-7-4-5-12-25(18)20/h4-5,7,9-10,12,17H,6,8,11,13-14H2,1-3H3,(H,21,26). The Hall–Kier alpha value is -2.28. The maximum atomic E-state index is 12.6. The summed E-state index contributed by atoms with van der Waals surface area (Å²) >= 11 is 1.77. The Morgan fingerprint density at radius 3 is 2.70 bits per heavy atom. The number of hydrogen-bond donors (Lipinski definition) is 1. The molecule has 0 aliphatic heterocycles. The highest BCUT2D eigenvalue weighted by molar-refractivity contribution is 7.98. The van der Waals surface area contributed by atoms with Crippen molar-refractivity contribution in [3.8, 4) is 0 Å². The summed E-state index contributed by atoms with van der Waals surface area (Å²) in [6.45, 7) is 5.06. The van der Waals surface area contributed by atoms with Gasteiger partial charge in [-0.25, -0.2) is 0 Å². The Balaban J connectivity index is 1.63. The van der Waals surface area contributed by atoms with Gasteiger partial charge in [0.05, 0.1) is 6.04 Å². The summed E-state index contributed by atoms with van der Waals surface area (Å²) < 4.78 is 4.21. The van der Waals surface area contributed by atoms with Crippen molar-refractivity contribution in [2.24, 2.45) is 0 Å². The van der Waals surface area contributed by atoms with Crippen LogP contribution in [0.4, 0.5) is 0 Å². The van der Waals surface area contributed by atoms with E-state index in [0.29, 0.717) is 6.42 Å². The number of aryl methyl sites for hydroxylation is 2. The molecule has 1 N–H and O–H groups in total. The van der Waals surface area contributed by atoms with Crippen molar-refractivity contribution in [3.63, 3.8) is 0 Å². The van der Waals surface area contributed by atoms with E-state index in [1.807, 2.05) is 28.8 Å². The van der Waals surface area contributed by atoms with Gasteiger partial charge in [-0.15, -0.1) is 10.2 Å². The fourth-order valence-corrected chi connectivity index (χ4v) is 3.79. The summed E-state index contributed by atoms with van der Waals surface area (Å²) in [7, 11) is 0. The molecule has 3 rings (SSSR count). The molecule has 3 aromatic rings. The lowest BCUT2D eigenvalue weighted by molar-refractivity contribution is -0.122. The van der Waals surface area contributed by atoms with Gasteiger partial charge < -0.3 is 9.88 Å². The van der Waals surface area contributed by atoms with Crippen LogP contribution in [0.3, 0.4) is 0 Å². The maximum Gasteiger partial charge on any atom is 0.220 e. The number of carbonyl (C=O) groups is 1. The van der Waals surface area contributed by atoms with Crippen LogP contribution in [0.2, 0.25) is 0 Å². The SMILES string of the molecule is CSCCC(NC(=O)CCCn1c(C)ccc1C)c1nnc2ccccn12. The van der Waals surface area contributed by atoms with E-state index in [0.717, 1.165) is 36.6 Å². The van der Waals surface area contributed by atoms with E-state index >= 15 is 0 Å². The van der Waals surface area contributed by atoms with Crippen molar-refractivity contribution in [1.29, 1.82) is 0 Å². The van der Waals surface area contributed by atoms with Crippen molar-refractivity contribution < 1.29 is 4.79 Å². The predicted molar refractivity (Wildman–Crippen MR) is 110 cm³/mol. The topological polar surface area (TPSA) is 64.2 Å². The summed E-state index contributed by atoms with van der Waals surface area (Å²) in [5, 5.41) is 11.7. The number of pyridine rings is 1. The van der Waals surface area contributed by atoms with Gasteiger partial charge in [-0.3, -0.25) is 9.20 Å². The lowest BCUT2D eigenvalue weighted by Crippen LogP contribution is -2.30. The van der Waals surface area contributed by atoms with Crippen LogP contribution in [0, 0.1) is 13.8 Å². The first-order valence-electron chi connectivity index (χ1n) is 9.31. The van der Waals surface area contributed by atoms with Gasteiger partial charge in [0.15, 0.2) is 11.5 Å². The lowest BCUT2D eigenvalue weighted by atomic mass is 10.2. The summed E-state index contributed by atoms with van der Waals surface area (Å²) in [5.41, 5.74) is 3.27. The van der Waals surface area contributed by atoms with Crippen LogP contribution in [0.1, 0.15) is 42.5 Å². The van der Waals surface area contributed by atoms with Gasteiger partial charge in [0.25, 0.3) is 0 Å². The third-order valence-electron chi connectivity index (χ3n) is 4.80. The number of aromatic nitrogens is 4. The second-order valence-electron chi connectivity index (χ2n) is 6.76. The summed E-state index contributed by atoms with van der Waals surface area (Å²) in [6.07, 6.45) is 6.17. The maximum absolute atomic E-state index is 12.6. The van der Waals surface area contributed by atoms with Crippen molar-refractivity contribution in [2.45, 2.75) is 45.7 Å². The third-order valence-corrected chi connectivity index (χ3v) is 5.44. The van der Waals surface area contributed by atoms with E-state index in [4.69, 9.17) is 0 Å². The Bertz CT molecular complexity index is 881. The van der Waals surface area contributed by atoms with Gasteiger partial charge >= 0.3 is 0 Å². The van der Waals surface area contributed by atoms with Crippen molar-refractivity contribution in [1.82, 2.24) is 24.5 Å². The molecule has 0 aliphatic carbocycles. The monoisotopic (exact) mass is 385 g/mol. The molecule has 0 saturated heterocycles. The first-order chi connectivity index (χ1) is 13.1. The van der Waals surface area contributed by atoms with E-state index < -0.39 is 0 Å². The van der Waals surface area contributed by atoms with Crippen molar-refractivity contribution >= 4 is 23.3 Å². The fourth-order valence-electron chi connectivity index (χ4n) is 3.32. The highest BCUT2D eigenvalue weighted by atomic mass is 32.2. The molecule has 0 bridgehead atoms. The number of nitrogens with zero attached hydrogens (tertiary/aromatic N) is 4. The van der Waals surface area contributed by atoms with Gasteiger partial charge in [-0.05, 0) is 63.0 Å². The van der Waals surface area contributed by atoms with E-state index in [9.17, 15) is 4.79 Å². The zero-order valence-electron chi connectivity index (χ0n) is 16.2. The molecule has 0 saturated carbocycles. The van der Waals surface area contributed by atoms with E-state index in [2.05, 4.69) is 52.3 Å². The first kappa shape index (κ1) is 19.5. The number of hydrogen-bond acceptors (Lipinski definition) is 4. The van der Waals surface area contributed by atoms with Gasteiger partial charge in [-0.1, -0.05) is 6.07 Å². The number of nitrogens with one attached hydrogen (secondary N) is 1. The normalized spacial score (nSPS) is 12.4. The van der Waals surface area contributed by atoms with Gasteiger partial charge in [0.1, 0.15) is 0 Å². The minimum Gasteiger partial charge on any atom is -0.349 e. The van der Waals surface area contributed by atoms with Crippen LogP contribution in [-0.4, -0.2) is 37.1 Å². The number of amides is 1. The third kappa shape index (κ3) is 4.71. The zero-order valence-corrected chi connectivity index (χ0v) is 17.0. The summed E-state index contributed by atoms with van der Waals surface area (Å²) in [6, 6.07) is 9.92. The number of carbonyl (C=O) groups excluding carboxylic acids is 1. The van der Waals surface area contributed by atoms with E-state index in [1.165, 1.54) is 11.4 Å². The highest BCUT2D eigenvalue weighted by Gasteiger charge is 2.20. The minimum atomic E-state index is -0.127. The molecule has 0 aromatic carbocycles. The molecule has 3 aromatic heterocycles. The molecule has 0 aliphatic rings. The highest BCUT2D eigenvalue weighted by Crippen LogP contribution is 2.18. The van der Waals surface area contributed by atoms with Crippen LogP contribution >= 0.6 is 11.8 Å². The van der Waals surface area contributed by atoms with Crippen LogP contribution < -0.4 is 5.32 Å². The Morgan fingerprint density at radius 2 is 1.96 bits per heavy atom. The lowest BCUT2D eigenvalue weighted by Gasteiger charge is -2.17. The van der Waals surface area contributed by atoms with Crippen LogP contribution in [-0.2, 0) is 11.3 Å². The molecule has 1 amide bonds. The van der Waals surface area contributed by atoms with E-state index in [1.54, 1.807) is 11.8 Å². The van der Waals surface area contributed by atoms with Crippen molar-refractivity contribution in [2.75, 3.05) is 12.0 Å². The van der Waals surface area contributed by atoms with Crippen LogP contribution in [0.15, 0.2) is 36.5 Å². The second-order valence-corrected chi connectivity index (χ2v) is 7.75. The molecular formula is C20H27N5OS. The zero-order chi connectivity index (χ0) is 19.2. The molecule has 7 heteroatoms. The minimum absolute atomic E-state index is 0.0660. The average Bonchev–Trinajstić information content (AvgIpc) is 3.23. The molecule has 0 radical (unpaired) electrons. The van der Waals surface area contributed by atoms with Gasteiger partial charge in [0, 0.05) is 30.6 Å². The molecule has 0 spiro atoms. The largest absolute Gasteiger partial charge is 0.349 e. The quantitative estimate of drug-likeness (QED) is 0.612. The summed E-state index contributed by atoms with van der Waals surface area (Å²) in [4.78, 5) is 12.6.